The van der Waals surface area contributed by atoms with Crippen molar-refractivity contribution < 1.29 is 4.52 Å². The molecule has 0 saturated carbocycles. The number of aryl methyl sites for hydroxylation is 1. The van der Waals surface area contributed by atoms with Gasteiger partial charge in [-0.25, -0.2) is 9.97 Å². The molecule has 0 spiro atoms. The molecule has 7 heteroatoms. The first-order valence-corrected chi connectivity index (χ1v) is 5.12. The lowest BCUT2D eigenvalue weighted by molar-refractivity contribution is 0.379. The fourth-order valence-electron chi connectivity index (χ4n) is 1.23. The Bertz CT molecular complexity index is 439. The summed E-state index contributed by atoms with van der Waals surface area (Å²) in [5.41, 5.74) is 0.820. The van der Waals surface area contributed by atoms with Crippen LogP contribution in [-0.4, -0.2) is 26.7 Å². The number of aromatic nitrogens is 4. The zero-order valence-corrected chi connectivity index (χ0v) is 9.40. The third kappa shape index (κ3) is 2.90. The van der Waals surface area contributed by atoms with Crippen molar-refractivity contribution in [1.82, 2.24) is 20.1 Å². The lowest BCUT2D eigenvalue weighted by Crippen LogP contribution is -2.07. The first kappa shape index (κ1) is 10.8. The van der Waals surface area contributed by atoms with Gasteiger partial charge in [0, 0.05) is 24.7 Å². The van der Waals surface area contributed by atoms with Gasteiger partial charge in [0.1, 0.15) is 5.82 Å². The van der Waals surface area contributed by atoms with Crippen LogP contribution in [0.15, 0.2) is 16.9 Å². The molecule has 16 heavy (non-hydrogen) atoms. The lowest BCUT2D eigenvalue weighted by Gasteiger charge is -2.04. The van der Waals surface area contributed by atoms with Gasteiger partial charge in [0.15, 0.2) is 6.33 Å². The Hall–Kier alpha value is -1.69. The molecule has 0 aliphatic heterocycles. The van der Waals surface area contributed by atoms with Crippen LogP contribution in [-0.2, 0) is 6.42 Å². The van der Waals surface area contributed by atoms with E-state index in [1.807, 2.05) is 13.0 Å². The van der Waals surface area contributed by atoms with Crippen LogP contribution in [0.3, 0.4) is 0 Å². The smallest absolute Gasteiger partial charge is 0.228 e. The van der Waals surface area contributed by atoms with Gasteiger partial charge in [0.25, 0.3) is 0 Å². The SMILES string of the molecule is Cc1cc(NCCc2ncno2)nc(Cl)n1. The number of nitrogens with zero attached hydrogens (tertiary/aromatic N) is 4. The molecule has 0 bridgehead atoms. The van der Waals surface area contributed by atoms with Gasteiger partial charge < -0.3 is 9.84 Å². The fraction of sp³-hybridized carbons (Fsp3) is 0.333. The molecule has 2 rings (SSSR count). The summed E-state index contributed by atoms with van der Waals surface area (Å²) < 4.78 is 4.86. The molecule has 84 valence electrons. The van der Waals surface area contributed by atoms with Crippen LogP contribution < -0.4 is 5.32 Å². The van der Waals surface area contributed by atoms with E-state index in [-0.39, 0.29) is 5.28 Å². The molecule has 2 aromatic rings. The number of hydrogen-bond acceptors (Lipinski definition) is 6. The van der Waals surface area contributed by atoms with Gasteiger partial charge >= 0.3 is 0 Å². The number of nitrogens with one attached hydrogen (secondary N) is 1. The summed E-state index contributed by atoms with van der Waals surface area (Å²) in [6.45, 7) is 2.51. The fourth-order valence-corrected chi connectivity index (χ4v) is 1.45. The average Bonchev–Trinajstić information content (AvgIpc) is 2.69. The Labute approximate surface area is 97.1 Å². The van der Waals surface area contributed by atoms with E-state index in [2.05, 4.69) is 25.4 Å². The van der Waals surface area contributed by atoms with E-state index < -0.39 is 0 Å². The highest BCUT2D eigenvalue weighted by Gasteiger charge is 2.01. The maximum atomic E-state index is 5.73. The summed E-state index contributed by atoms with van der Waals surface area (Å²) in [7, 11) is 0. The Balaban J connectivity index is 1.89. The Morgan fingerprint density at radius 1 is 1.44 bits per heavy atom. The summed E-state index contributed by atoms with van der Waals surface area (Å²) >= 11 is 5.73. The maximum absolute atomic E-state index is 5.73. The minimum atomic E-state index is 0.236. The average molecular weight is 240 g/mol. The highest BCUT2D eigenvalue weighted by molar-refractivity contribution is 6.28. The van der Waals surface area contributed by atoms with E-state index in [9.17, 15) is 0 Å². The highest BCUT2D eigenvalue weighted by atomic mass is 35.5. The summed E-state index contributed by atoms with van der Waals surface area (Å²) in [6.07, 6.45) is 2.02. The summed E-state index contributed by atoms with van der Waals surface area (Å²) in [5, 5.41) is 6.85. The maximum Gasteiger partial charge on any atom is 0.228 e. The predicted molar refractivity (Wildman–Crippen MR) is 58.3 cm³/mol. The van der Waals surface area contributed by atoms with Crippen LogP contribution in [0, 0.1) is 6.92 Å². The van der Waals surface area contributed by atoms with Crippen molar-refractivity contribution in [3.8, 4) is 0 Å². The Kier molecular flexibility index (Phi) is 3.31. The third-order valence-electron chi connectivity index (χ3n) is 1.88. The standard InChI is InChI=1S/C9H10ClN5O/c1-6-4-7(15-9(10)14-6)11-3-2-8-12-5-13-16-8/h4-5H,2-3H2,1H3,(H,11,14,15). The van der Waals surface area contributed by atoms with Crippen LogP contribution in [0.1, 0.15) is 11.6 Å². The van der Waals surface area contributed by atoms with Crippen molar-refractivity contribution in [1.29, 1.82) is 0 Å². The summed E-state index contributed by atoms with van der Waals surface area (Å²) in [5.74, 6) is 1.28. The van der Waals surface area contributed by atoms with E-state index in [1.54, 1.807) is 0 Å². The number of hydrogen-bond donors (Lipinski definition) is 1. The largest absolute Gasteiger partial charge is 0.369 e. The van der Waals surface area contributed by atoms with Crippen molar-refractivity contribution in [2.24, 2.45) is 0 Å². The third-order valence-corrected chi connectivity index (χ3v) is 2.05. The second-order valence-corrected chi connectivity index (χ2v) is 3.51. The minimum absolute atomic E-state index is 0.236. The van der Waals surface area contributed by atoms with Gasteiger partial charge in [-0.1, -0.05) is 5.16 Å². The van der Waals surface area contributed by atoms with Crippen molar-refractivity contribution in [3.63, 3.8) is 0 Å². The first-order chi connectivity index (χ1) is 7.74. The molecular formula is C9H10ClN5O. The van der Waals surface area contributed by atoms with Gasteiger partial charge in [-0.3, -0.25) is 0 Å². The zero-order chi connectivity index (χ0) is 11.4. The highest BCUT2D eigenvalue weighted by Crippen LogP contribution is 2.09. The van der Waals surface area contributed by atoms with Crippen LogP contribution in [0.5, 0.6) is 0 Å². The van der Waals surface area contributed by atoms with Crippen molar-refractivity contribution in [2.75, 3.05) is 11.9 Å². The minimum Gasteiger partial charge on any atom is -0.369 e. The molecule has 0 aromatic carbocycles. The lowest BCUT2D eigenvalue weighted by atomic mass is 10.4. The molecular weight excluding hydrogens is 230 g/mol. The first-order valence-electron chi connectivity index (χ1n) is 4.74. The van der Waals surface area contributed by atoms with Gasteiger partial charge in [-0.05, 0) is 18.5 Å². The van der Waals surface area contributed by atoms with Gasteiger partial charge in [0.2, 0.25) is 11.2 Å². The summed E-state index contributed by atoms with van der Waals surface area (Å²) in [6, 6.07) is 1.82. The van der Waals surface area contributed by atoms with Crippen LogP contribution in [0.4, 0.5) is 5.82 Å². The van der Waals surface area contributed by atoms with Crippen molar-refractivity contribution in [2.45, 2.75) is 13.3 Å². The molecule has 0 aliphatic carbocycles. The van der Waals surface area contributed by atoms with E-state index >= 15 is 0 Å². The van der Waals surface area contributed by atoms with Crippen molar-refractivity contribution in [3.05, 3.63) is 29.3 Å². The van der Waals surface area contributed by atoms with E-state index in [0.717, 1.165) is 5.69 Å². The van der Waals surface area contributed by atoms with E-state index in [4.69, 9.17) is 16.1 Å². The number of anilines is 1. The van der Waals surface area contributed by atoms with Gasteiger partial charge in [-0.2, -0.15) is 4.98 Å². The van der Waals surface area contributed by atoms with E-state index in [0.29, 0.717) is 24.7 Å². The van der Waals surface area contributed by atoms with Gasteiger partial charge in [-0.15, -0.1) is 0 Å². The molecule has 0 unspecified atom stereocenters. The molecule has 0 fully saturated rings. The number of rotatable bonds is 4. The Morgan fingerprint density at radius 2 is 2.31 bits per heavy atom. The molecule has 2 heterocycles. The summed E-state index contributed by atoms with van der Waals surface area (Å²) in [4.78, 5) is 11.9. The molecule has 0 amide bonds. The van der Waals surface area contributed by atoms with Crippen molar-refractivity contribution >= 4 is 17.4 Å². The number of halogens is 1. The zero-order valence-electron chi connectivity index (χ0n) is 8.64. The quantitative estimate of drug-likeness (QED) is 0.815. The van der Waals surface area contributed by atoms with Gasteiger partial charge in [0.05, 0.1) is 0 Å². The monoisotopic (exact) mass is 239 g/mol. The van der Waals surface area contributed by atoms with E-state index in [1.165, 1.54) is 6.33 Å². The van der Waals surface area contributed by atoms with Crippen LogP contribution in [0.25, 0.3) is 0 Å². The topological polar surface area (TPSA) is 76.7 Å². The molecule has 2 aromatic heterocycles. The second-order valence-electron chi connectivity index (χ2n) is 3.18. The van der Waals surface area contributed by atoms with Crippen LogP contribution >= 0.6 is 11.6 Å². The normalized spacial score (nSPS) is 10.4. The molecule has 1 N–H and O–H groups in total. The Morgan fingerprint density at radius 3 is 3.00 bits per heavy atom. The molecule has 0 atom stereocenters. The molecule has 0 aliphatic rings. The molecule has 0 saturated heterocycles. The van der Waals surface area contributed by atoms with Crippen LogP contribution in [0.2, 0.25) is 5.28 Å². The second kappa shape index (κ2) is 4.89. The molecule has 6 nitrogen and oxygen atoms in total. The molecule has 0 radical (unpaired) electrons. The predicted octanol–water partition coefficient (Wildman–Crippen LogP) is 1.48.